The van der Waals surface area contributed by atoms with Crippen LogP contribution in [0.5, 0.6) is 0 Å². The zero-order valence-corrected chi connectivity index (χ0v) is 13.8. The van der Waals surface area contributed by atoms with E-state index in [2.05, 4.69) is 21.6 Å². The maximum Gasteiger partial charge on any atom is 0.247 e. The van der Waals surface area contributed by atoms with Crippen LogP contribution in [-0.2, 0) is 4.79 Å². The number of nitrogens with one attached hydrogen (secondary N) is 1. The van der Waals surface area contributed by atoms with Crippen LogP contribution in [0, 0.1) is 6.92 Å². The molecule has 0 radical (unpaired) electrons. The number of anilines is 1. The van der Waals surface area contributed by atoms with E-state index in [0.717, 1.165) is 22.6 Å². The summed E-state index contributed by atoms with van der Waals surface area (Å²) in [6.07, 6.45) is 0. The van der Waals surface area contributed by atoms with Crippen molar-refractivity contribution in [3.8, 4) is 11.5 Å². The number of aromatic nitrogens is 2. The first kappa shape index (κ1) is 15.0. The van der Waals surface area contributed by atoms with E-state index in [1.807, 2.05) is 42.5 Å². The van der Waals surface area contributed by atoms with Crippen molar-refractivity contribution in [3.05, 3.63) is 60.0 Å². The van der Waals surface area contributed by atoms with Crippen LogP contribution < -0.4 is 5.32 Å². The first-order valence-corrected chi connectivity index (χ1v) is 8.62. The second-order valence-corrected chi connectivity index (χ2v) is 6.66. The van der Waals surface area contributed by atoms with Crippen molar-refractivity contribution in [2.45, 2.75) is 17.7 Å². The molecular weight excluding hydrogens is 322 g/mol. The molecule has 6 heteroatoms. The van der Waals surface area contributed by atoms with Crippen LogP contribution >= 0.6 is 11.8 Å². The number of aryl methyl sites for hydroxylation is 1. The van der Waals surface area contributed by atoms with Gasteiger partial charge in [-0.25, -0.2) is 0 Å². The van der Waals surface area contributed by atoms with E-state index in [1.54, 1.807) is 18.7 Å². The topological polar surface area (TPSA) is 68.0 Å². The van der Waals surface area contributed by atoms with Gasteiger partial charge in [0.05, 0.1) is 5.92 Å². The van der Waals surface area contributed by atoms with Crippen LogP contribution in [0.3, 0.4) is 0 Å². The minimum atomic E-state index is -0.125. The highest BCUT2D eigenvalue weighted by molar-refractivity contribution is 7.99. The third-order valence-electron chi connectivity index (χ3n) is 3.92. The Morgan fingerprint density at radius 3 is 2.92 bits per heavy atom. The molecule has 5 nitrogen and oxygen atoms in total. The van der Waals surface area contributed by atoms with Crippen LogP contribution in [0.1, 0.15) is 17.4 Å². The smallest absolute Gasteiger partial charge is 0.247 e. The summed E-state index contributed by atoms with van der Waals surface area (Å²) >= 11 is 1.72. The molecule has 0 aliphatic carbocycles. The molecule has 1 aliphatic heterocycles. The summed E-state index contributed by atoms with van der Waals surface area (Å²) in [4.78, 5) is 13.8. The van der Waals surface area contributed by atoms with Gasteiger partial charge in [-0.05, 0) is 29.8 Å². The van der Waals surface area contributed by atoms with Crippen molar-refractivity contribution in [3.63, 3.8) is 0 Å². The molecule has 0 saturated heterocycles. The Morgan fingerprint density at radius 1 is 1.21 bits per heavy atom. The monoisotopic (exact) mass is 337 g/mol. The largest absolute Gasteiger partial charge is 0.421 e. The van der Waals surface area contributed by atoms with Crippen molar-refractivity contribution in [1.29, 1.82) is 0 Å². The Balaban J connectivity index is 1.55. The molecule has 1 atom stereocenters. The van der Waals surface area contributed by atoms with E-state index in [4.69, 9.17) is 4.42 Å². The summed E-state index contributed by atoms with van der Waals surface area (Å²) in [5.41, 5.74) is 2.61. The number of nitrogens with zero attached hydrogens (tertiary/aromatic N) is 2. The Labute approximate surface area is 143 Å². The molecule has 1 aromatic heterocycles. The number of amides is 1. The van der Waals surface area contributed by atoms with Crippen LogP contribution in [0.2, 0.25) is 0 Å². The lowest BCUT2D eigenvalue weighted by atomic mass is 10.0. The fraction of sp³-hybridized carbons (Fsp3) is 0.167. The lowest BCUT2D eigenvalue weighted by Gasteiger charge is -2.12. The Morgan fingerprint density at radius 2 is 2.08 bits per heavy atom. The van der Waals surface area contributed by atoms with E-state index in [1.165, 1.54) is 4.90 Å². The Hall–Kier alpha value is -2.60. The predicted molar refractivity (Wildman–Crippen MR) is 93.0 cm³/mol. The molecule has 1 N–H and O–H groups in total. The van der Waals surface area contributed by atoms with Gasteiger partial charge in [0.2, 0.25) is 17.7 Å². The fourth-order valence-electron chi connectivity index (χ4n) is 2.75. The molecule has 24 heavy (non-hydrogen) atoms. The van der Waals surface area contributed by atoms with E-state index >= 15 is 0 Å². The van der Waals surface area contributed by atoms with Crippen molar-refractivity contribution >= 4 is 23.4 Å². The van der Waals surface area contributed by atoms with E-state index in [0.29, 0.717) is 11.8 Å². The number of hydrogen-bond donors (Lipinski definition) is 1. The number of thioether (sulfide) groups is 1. The number of fused-ring (bicyclic) bond motifs is 1. The highest BCUT2D eigenvalue weighted by Gasteiger charge is 2.29. The minimum absolute atomic E-state index is 0.00584. The van der Waals surface area contributed by atoms with Gasteiger partial charge in [0.1, 0.15) is 0 Å². The summed E-state index contributed by atoms with van der Waals surface area (Å²) in [5, 5.41) is 10.8. The average Bonchev–Trinajstić information content (AvgIpc) is 3.21. The van der Waals surface area contributed by atoms with Crippen molar-refractivity contribution in [1.82, 2.24) is 10.2 Å². The van der Waals surface area contributed by atoms with Gasteiger partial charge >= 0.3 is 0 Å². The normalized spacial score (nSPS) is 16.0. The lowest BCUT2D eigenvalue weighted by molar-refractivity contribution is -0.117. The molecule has 1 aliphatic rings. The average molecular weight is 337 g/mol. The second-order valence-electron chi connectivity index (χ2n) is 5.60. The highest BCUT2D eigenvalue weighted by Crippen LogP contribution is 2.39. The molecule has 0 saturated carbocycles. The molecule has 2 heterocycles. The van der Waals surface area contributed by atoms with Crippen LogP contribution in [-0.4, -0.2) is 21.9 Å². The first-order chi connectivity index (χ1) is 11.7. The van der Waals surface area contributed by atoms with Crippen molar-refractivity contribution < 1.29 is 9.21 Å². The minimum Gasteiger partial charge on any atom is -0.421 e. The fourth-order valence-corrected chi connectivity index (χ4v) is 3.98. The van der Waals surface area contributed by atoms with Crippen molar-refractivity contribution in [2.24, 2.45) is 0 Å². The molecule has 120 valence electrons. The third kappa shape index (κ3) is 2.80. The quantitative estimate of drug-likeness (QED) is 0.786. The highest BCUT2D eigenvalue weighted by atomic mass is 32.2. The van der Waals surface area contributed by atoms with Crippen LogP contribution in [0.15, 0.2) is 57.8 Å². The van der Waals surface area contributed by atoms with Crippen LogP contribution in [0.25, 0.3) is 11.5 Å². The molecule has 0 unspecified atom stereocenters. The van der Waals surface area contributed by atoms with Gasteiger partial charge in [0.15, 0.2) is 0 Å². The summed E-state index contributed by atoms with van der Waals surface area (Å²) in [6, 6.07) is 15.5. The molecule has 1 amide bonds. The summed E-state index contributed by atoms with van der Waals surface area (Å²) in [6.45, 7) is 1.75. The summed E-state index contributed by atoms with van der Waals surface area (Å²) in [5.74, 6) is 1.62. The first-order valence-electron chi connectivity index (χ1n) is 7.64. The predicted octanol–water partition coefficient (Wildman–Crippen LogP) is 3.87. The van der Waals surface area contributed by atoms with Gasteiger partial charge in [0, 0.05) is 28.8 Å². The summed E-state index contributed by atoms with van der Waals surface area (Å²) < 4.78 is 5.44. The number of rotatable bonds is 3. The molecule has 0 fully saturated rings. The zero-order chi connectivity index (χ0) is 16.5. The van der Waals surface area contributed by atoms with Gasteiger partial charge in [-0.2, -0.15) is 0 Å². The number of benzene rings is 2. The zero-order valence-electron chi connectivity index (χ0n) is 13.0. The summed E-state index contributed by atoms with van der Waals surface area (Å²) in [7, 11) is 0. The maximum atomic E-state index is 12.7. The SMILES string of the molecule is Cc1nnc(-c2cccc(NC(=O)[C@@H]3CSc4ccccc43)c2)o1. The number of carbonyl (C=O) groups excluding carboxylic acids is 1. The van der Waals surface area contributed by atoms with Gasteiger partial charge in [-0.3, -0.25) is 4.79 Å². The Kier molecular flexibility index (Phi) is 3.82. The van der Waals surface area contributed by atoms with Gasteiger partial charge < -0.3 is 9.73 Å². The number of hydrogen-bond acceptors (Lipinski definition) is 5. The molecule has 3 aromatic rings. The Bertz CT molecular complexity index is 907. The maximum absolute atomic E-state index is 12.7. The molecule has 4 rings (SSSR count). The van der Waals surface area contributed by atoms with E-state index in [-0.39, 0.29) is 11.8 Å². The van der Waals surface area contributed by atoms with Crippen molar-refractivity contribution in [2.75, 3.05) is 11.1 Å². The van der Waals surface area contributed by atoms with Gasteiger partial charge in [-0.15, -0.1) is 22.0 Å². The van der Waals surface area contributed by atoms with Gasteiger partial charge in [0.25, 0.3) is 0 Å². The molecule has 0 bridgehead atoms. The van der Waals surface area contributed by atoms with E-state index < -0.39 is 0 Å². The standard InChI is InChI=1S/C18H15N3O2S/c1-11-20-21-18(23-11)12-5-4-6-13(9-12)19-17(22)15-10-24-16-8-3-2-7-14(15)16/h2-9,15H,10H2,1H3,(H,19,22)/t15-/m1/s1. The number of carbonyl (C=O) groups is 1. The third-order valence-corrected chi connectivity index (χ3v) is 5.10. The molecule has 0 spiro atoms. The van der Waals surface area contributed by atoms with E-state index in [9.17, 15) is 4.79 Å². The lowest BCUT2D eigenvalue weighted by Crippen LogP contribution is -2.21. The van der Waals surface area contributed by atoms with Gasteiger partial charge in [-0.1, -0.05) is 24.3 Å². The molecular formula is C18H15N3O2S. The van der Waals surface area contributed by atoms with Crippen LogP contribution in [0.4, 0.5) is 5.69 Å². The second kappa shape index (κ2) is 6.13. The molecule has 2 aromatic carbocycles.